The Morgan fingerprint density at radius 3 is 2.71 bits per heavy atom. The normalized spacial score (nSPS) is 10.6. The Labute approximate surface area is 128 Å². The van der Waals surface area contributed by atoms with Crippen LogP contribution in [0.5, 0.6) is 0 Å². The highest BCUT2D eigenvalue weighted by Gasteiger charge is 2.04. The van der Waals surface area contributed by atoms with Crippen LogP contribution in [0.25, 0.3) is 6.08 Å². The lowest BCUT2D eigenvalue weighted by molar-refractivity contribution is 0.255. The summed E-state index contributed by atoms with van der Waals surface area (Å²) in [6.07, 6.45) is 3.42. The minimum atomic E-state index is -0.369. The van der Waals surface area contributed by atoms with Gasteiger partial charge in [-0.3, -0.25) is 0 Å². The summed E-state index contributed by atoms with van der Waals surface area (Å²) >= 11 is 5.98. The zero-order valence-corrected chi connectivity index (χ0v) is 12.3. The minimum Gasteiger partial charge on any atom is -0.399 e. The molecule has 4 nitrogen and oxygen atoms in total. The molecule has 0 heterocycles. The molecule has 0 spiro atoms. The Morgan fingerprint density at radius 1 is 1.24 bits per heavy atom. The maximum Gasteiger partial charge on any atom is 0.323 e. The van der Waals surface area contributed by atoms with Crippen LogP contribution in [0, 0.1) is 6.92 Å². The Hall–Kier alpha value is -2.46. The van der Waals surface area contributed by atoms with Crippen molar-refractivity contribution in [3.05, 3.63) is 64.8 Å². The fourth-order valence-electron chi connectivity index (χ4n) is 1.77. The van der Waals surface area contributed by atoms with E-state index in [1.54, 1.807) is 24.4 Å². The molecule has 0 aliphatic carbocycles. The van der Waals surface area contributed by atoms with Crippen molar-refractivity contribution in [2.24, 2.45) is 0 Å². The summed E-state index contributed by atoms with van der Waals surface area (Å²) in [4.78, 5) is 11.8. The lowest BCUT2D eigenvalue weighted by Crippen LogP contribution is -2.23. The Kier molecular flexibility index (Phi) is 4.85. The number of hydrogen-bond acceptors (Lipinski definition) is 2. The van der Waals surface area contributed by atoms with Crippen LogP contribution in [0.3, 0.4) is 0 Å². The van der Waals surface area contributed by atoms with Crippen LogP contribution in [0.15, 0.2) is 48.7 Å². The fraction of sp³-hybridized carbons (Fsp3) is 0.0625. The Morgan fingerprint density at radius 2 is 2.00 bits per heavy atom. The van der Waals surface area contributed by atoms with Crippen molar-refractivity contribution in [3.8, 4) is 0 Å². The van der Waals surface area contributed by atoms with E-state index in [2.05, 4.69) is 10.6 Å². The third-order valence-electron chi connectivity index (χ3n) is 2.91. The molecule has 0 radical (unpaired) electrons. The molecule has 0 aliphatic heterocycles. The average molecular weight is 302 g/mol. The number of nitrogens with two attached hydrogens (primary N) is 1. The van der Waals surface area contributed by atoms with Crippen LogP contribution in [0.4, 0.5) is 16.2 Å². The van der Waals surface area contributed by atoms with Crippen LogP contribution in [0.2, 0.25) is 5.02 Å². The van der Waals surface area contributed by atoms with Crippen LogP contribution in [0.1, 0.15) is 11.1 Å². The monoisotopic (exact) mass is 301 g/mol. The molecular formula is C16H16ClN3O. The number of halogens is 1. The lowest BCUT2D eigenvalue weighted by atomic mass is 10.1. The molecule has 0 bridgehead atoms. The number of anilines is 2. The first-order valence-corrected chi connectivity index (χ1v) is 6.79. The fourth-order valence-corrected chi connectivity index (χ4v) is 2.01. The molecule has 4 N–H and O–H groups in total. The summed E-state index contributed by atoms with van der Waals surface area (Å²) in [5, 5.41) is 5.67. The molecule has 108 valence electrons. The van der Waals surface area contributed by atoms with Gasteiger partial charge in [-0.05, 0) is 42.3 Å². The molecule has 21 heavy (non-hydrogen) atoms. The SMILES string of the molecule is Cc1ccccc1/C=C/NC(=O)Nc1ccc(N)cc1Cl. The van der Waals surface area contributed by atoms with E-state index in [4.69, 9.17) is 17.3 Å². The number of benzene rings is 2. The second kappa shape index (κ2) is 6.81. The van der Waals surface area contributed by atoms with Crippen molar-refractivity contribution < 1.29 is 4.79 Å². The van der Waals surface area contributed by atoms with Gasteiger partial charge >= 0.3 is 6.03 Å². The third kappa shape index (κ3) is 4.26. The number of nitrogen functional groups attached to an aromatic ring is 1. The quantitative estimate of drug-likeness (QED) is 0.749. The highest BCUT2D eigenvalue weighted by atomic mass is 35.5. The van der Waals surface area contributed by atoms with Gasteiger partial charge in [0.15, 0.2) is 0 Å². The summed E-state index contributed by atoms with van der Waals surface area (Å²) in [7, 11) is 0. The Balaban J connectivity index is 1.95. The summed E-state index contributed by atoms with van der Waals surface area (Å²) in [5.41, 5.74) is 8.83. The summed E-state index contributed by atoms with van der Waals surface area (Å²) in [6, 6.07) is 12.4. The first kappa shape index (κ1) is 14.9. The van der Waals surface area contributed by atoms with Gasteiger partial charge in [0.2, 0.25) is 0 Å². The molecule has 5 heteroatoms. The molecule has 2 amide bonds. The smallest absolute Gasteiger partial charge is 0.323 e. The van der Waals surface area contributed by atoms with Crippen LogP contribution in [-0.2, 0) is 0 Å². The maximum absolute atomic E-state index is 11.8. The maximum atomic E-state index is 11.8. The van der Waals surface area contributed by atoms with Gasteiger partial charge in [-0.2, -0.15) is 0 Å². The molecule has 2 rings (SSSR count). The molecule has 0 saturated carbocycles. The van der Waals surface area contributed by atoms with Gasteiger partial charge in [0.25, 0.3) is 0 Å². The number of urea groups is 1. The van der Waals surface area contributed by atoms with E-state index in [1.807, 2.05) is 37.3 Å². The van der Waals surface area contributed by atoms with Crippen molar-refractivity contribution >= 4 is 35.1 Å². The number of carbonyl (C=O) groups excluding carboxylic acids is 1. The second-order valence-corrected chi connectivity index (χ2v) is 4.93. The van der Waals surface area contributed by atoms with Gasteiger partial charge in [-0.15, -0.1) is 0 Å². The topological polar surface area (TPSA) is 67.2 Å². The van der Waals surface area contributed by atoms with E-state index >= 15 is 0 Å². The zero-order valence-electron chi connectivity index (χ0n) is 11.6. The Bertz CT molecular complexity index is 683. The lowest BCUT2D eigenvalue weighted by Gasteiger charge is -2.07. The van der Waals surface area contributed by atoms with Crippen LogP contribution in [-0.4, -0.2) is 6.03 Å². The molecule has 0 aromatic heterocycles. The molecule has 0 saturated heterocycles. The number of hydrogen-bond donors (Lipinski definition) is 3. The molecule has 0 fully saturated rings. The number of nitrogens with one attached hydrogen (secondary N) is 2. The van der Waals surface area contributed by atoms with Crippen molar-refractivity contribution in [1.29, 1.82) is 0 Å². The molecular weight excluding hydrogens is 286 g/mol. The van der Waals surface area contributed by atoms with Crippen molar-refractivity contribution in [3.63, 3.8) is 0 Å². The number of amides is 2. The van der Waals surface area contributed by atoms with E-state index in [0.29, 0.717) is 16.4 Å². The number of carbonyl (C=O) groups is 1. The number of aryl methyl sites for hydroxylation is 1. The van der Waals surface area contributed by atoms with Crippen LogP contribution >= 0.6 is 11.6 Å². The molecule has 2 aromatic carbocycles. The van der Waals surface area contributed by atoms with E-state index in [9.17, 15) is 4.79 Å². The zero-order chi connectivity index (χ0) is 15.2. The van der Waals surface area contributed by atoms with Crippen molar-refractivity contribution in [2.45, 2.75) is 6.92 Å². The summed E-state index contributed by atoms with van der Waals surface area (Å²) < 4.78 is 0. The van der Waals surface area contributed by atoms with Gasteiger partial charge < -0.3 is 16.4 Å². The predicted octanol–water partition coefficient (Wildman–Crippen LogP) is 4.02. The summed E-state index contributed by atoms with van der Waals surface area (Å²) in [6.45, 7) is 2.01. The predicted molar refractivity (Wildman–Crippen MR) is 88.2 cm³/mol. The average Bonchev–Trinajstić information content (AvgIpc) is 2.44. The first-order valence-electron chi connectivity index (χ1n) is 6.41. The van der Waals surface area contributed by atoms with Gasteiger partial charge in [-0.25, -0.2) is 4.79 Å². The van der Waals surface area contributed by atoms with Gasteiger partial charge in [0.1, 0.15) is 0 Å². The molecule has 0 aliphatic rings. The highest BCUT2D eigenvalue weighted by Crippen LogP contribution is 2.23. The van der Waals surface area contributed by atoms with Crippen molar-refractivity contribution in [2.75, 3.05) is 11.1 Å². The van der Waals surface area contributed by atoms with Gasteiger partial charge in [-0.1, -0.05) is 35.9 Å². The third-order valence-corrected chi connectivity index (χ3v) is 3.22. The van der Waals surface area contributed by atoms with E-state index in [-0.39, 0.29) is 6.03 Å². The van der Waals surface area contributed by atoms with E-state index in [1.165, 1.54) is 0 Å². The van der Waals surface area contributed by atoms with Crippen LogP contribution < -0.4 is 16.4 Å². The molecule has 0 atom stereocenters. The minimum absolute atomic E-state index is 0.369. The standard InChI is InChI=1S/C16H16ClN3O/c1-11-4-2-3-5-12(11)8-9-19-16(21)20-15-7-6-13(18)10-14(15)17/h2-10H,18H2,1H3,(H2,19,20,21)/b9-8+. The van der Waals surface area contributed by atoms with Crippen molar-refractivity contribution in [1.82, 2.24) is 5.32 Å². The van der Waals surface area contributed by atoms with E-state index < -0.39 is 0 Å². The number of rotatable bonds is 3. The largest absolute Gasteiger partial charge is 0.399 e. The summed E-state index contributed by atoms with van der Waals surface area (Å²) in [5.74, 6) is 0. The second-order valence-electron chi connectivity index (χ2n) is 4.53. The van der Waals surface area contributed by atoms with Gasteiger partial charge in [0, 0.05) is 11.9 Å². The molecule has 0 unspecified atom stereocenters. The van der Waals surface area contributed by atoms with E-state index in [0.717, 1.165) is 11.1 Å². The highest BCUT2D eigenvalue weighted by molar-refractivity contribution is 6.34. The van der Waals surface area contributed by atoms with Gasteiger partial charge in [0.05, 0.1) is 10.7 Å². The first-order chi connectivity index (χ1) is 10.1. The molecule has 2 aromatic rings.